The summed E-state index contributed by atoms with van der Waals surface area (Å²) in [6.45, 7) is 5.93. The molecule has 0 spiro atoms. The van der Waals surface area contributed by atoms with Gasteiger partial charge in [0.25, 0.3) is 0 Å². The molecule has 0 aromatic rings. The van der Waals surface area contributed by atoms with Gasteiger partial charge in [0.2, 0.25) is 0 Å². The van der Waals surface area contributed by atoms with Crippen LogP contribution in [0.25, 0.3) is 0 Å². The molecule has 0 atom stereocenters. The zero-order valence-corrected chi connectivity index (χ0v) is 15.6. The zero-order chi connectivity index (χ0) is 12.1. The van der Waals surface area contributed by atoms with Crippen LogP contribution in [0.1, 0.15) is 38.5 Å². The Labute approximate surface area is 149 Å². The average molecular weight is 376 g/mol. The Kier molecular flexibility index (Phi) is 46.3. The van der Waals surface area contributed by atoms with Crippen LogP contribution in [-0.4, -0.2) is 44.2 Å². The molecule has 0 rings (SSSR count). The van der Waals surface area contributed by atoms with E-state index in [0.717, 1.165) is 38.9 Å². The molecule has 0 aromatic heterocycles. The Morgan fingerprint density at radius 1 is 0.450 bits per heavy atom. The van der Waals surface area contributed by atoms with Crippen molar-refractivity contribution >= 4 is 49.6 Å². The fourth-order valence-corrected chi connectivity index (χ4v) is 1.77. The summed E-state index contributed by atoms with van der Waals surface area (Å²) < 4.78 is 0. The van der Waals surface area contributed by atoms with Crippen LogP contribution in [0, 0.1) is 0 Å². The van der Waals surface area contributed by atoms with E-state index in [4.69, 9.17) is 17.2 Å². The van der Waals surface area contributed by atoms with E-state index < -0.39 is 0 Å². The van der Waals surface area contributed by atoms with Gasteiger partial charge in [0.05, 0.1) is 0 Å². The van der Waals surface area contributed by atoms with Gasteiger partial charge in [-0.05, 0) is 77.8 Å². The lowest BCUT2D eigenvalue weighted by molar-refractivity contribution is 0.259. The number of hydrogen-bond acceptors (Lipinski definition) is 4. The zero-order valence-electron chi connectivity index (χ0n) is 12.3. The normalized spacial score (nSPS) is 9.00. The highest BCUT2D eigenvalue weighted by molar-refractivity contribution is 5.86. The van der Waals surface area contributed by atoms with Crippen molar-refractivity contribution in [3.05, 3.63) is 0 Å². The predicted octanol–water partition coefficient (Wildman–Crippen LogP) is 2.19. The van der Waals surface area contributed by atoms with Crippen molar-refractivity contribution in [2.75, 3.05) is 39.3 Å². The van der Waals surface area contributed by atoms with Gasteiger partial charge < -0.3 is 22.1 Å². The van der Waals surface area contributed by atoms with E-state index in [2.05, 4.69) is 4.90 Å². The second-order valence-corrected chi connectivity index (χ2v) is 4.33. The van der Waals surface area contributed by atoms with Crippen molar-refractivity contribution in [2.24, 2.45) is 17.2 Å². The van der Waals surface area contributed by atoms with Crippen LogP contribution in [0.4, 0.5) is 0 Å². The van der Waals surface area contributed by atoms with E-state index in [1.807, 2.05) is 0 Å². The van der Waals surface area contributed by atoms with Crippen LogP contribution in [0.15, 0.2) is 0 Å². The van der Waals surface area contributed by atoms with Crippen LogP contribution >= 0.6 is 49.6 Å². The van der Waals surface area contributed by atoms with Gasteiger partial charge in [-0.25, -0.2) is 0 Å². The Morgan fingerprint density at radius 3 is 0.900 bits per heavy atom. The molecule has 0 bridgehead atoms. The molecule has 0 amide bonds. The first-order valence-electron chi connectivity index (χ1n) is 6.67. The molecule has 0 fully saturated rings. The van der Waals surface area contributed by atoms with E-state index in [1.165, 1.54) is 38.9 Å². The number of nitrogens with zero attached hydrogens (tertiary/aromatic N) is 1. The lowest BCUT2D eigenvalue weighted by Crippen LogP contribution is -2.28. The summed E-state index contributed by atoms with van der Waals surface area (Å²) in [5.41, 5.74) is 16.5. The molecule has 0 aliphatic heterocycles. The SMILES string of the molecule is Cl.Cl.Cl.Cl.NCCCCN(CCCCN)CCCCN. The number of halogens is 4. The number of nitrogens with two attached hydrogens (primary N) is 3. The molecule has 0 aliphatic rings. The van der Waals surface area contributed by atoms with Crippen LogP contribution < -0.4 is 17.2 Å². The average Bonchev–Trinajstić information content (AvgIpc) is 2.29. The highest BCUT2D eigenvalue weighted by Gasteiger charge is 2.03. The van der Waals surface area contributed by atoms with Crippen molar-refractivity contribution in [3.8, 4) is 0 Å². The van der Waals surface area contributed by atoms with E-state index in [-0.39, 0.29) is 49.6 Å². The maximum Gasteiger partial charge on any atom is -0.00183 e. The third-order valence-corrected chi connectivity index (χ3v) is 2.79. The maximum atomic E-state index is 5.51. The minimum absolute atomic E-state index is 0. The summed E-state index contributed by atoms with van der Waals surface area (Å²) in [5.74, 6) is 0. The van der Waals surface area contributed by atoms with Crippen LogP contribution in [-0.2, 0) is 0 Å². The Hall–Kier alpha value is 1.000. The number of rotatable bonds is 12. The van der Waals surface area contributed by atoms with E-state index >= 15 is 0 Å². The van der Waals surface area contributed by atoms with Crippen molar-refractivity contribution < 1.29 is 0 Å². The van der Waals surface area contributed by atoms with Crippen molar-refractivity contribution in [2.45, 2.75) is 38.5 Å². The van der Waals surface area contributed by atoms with E-state index in [9.17, 15) is 0 Å². The summed E-state index contributed by atoms with van der Waals surface area (Å²) in [6.07, 6.45) is 7.02. The summed E-state index contributed by atoms with van der Waals surface area (Å²) in [7, 11) is 0. The maximum absolute atomic E-state index is 5.51. The Morgan fingerprint density at radius 2 is 0.700 bits per heavy atom. The molecule has 0 heterocycles. The first kappa shape index (κ1) is 32.8. The van der Waals surface area contributed by atoms with Crippen molar-refractivity contribution in [3.63, 3.8) is 0 Å². The minimum Gasteiger partial charge on any atom is -0.330 e. The molecule has 4 nitrogen and oxygen atoms in total. The van der Waals surface area contributed by atoms with Gasteiger partial charge >= 0.3 is 0 Å². The molecule has 0 aliphatic carbocycles. The lowest BCUT2D eigenvalue weighted by Gasteiger charge is -2.22. The smallest absolute Gasteiger partial charge is 0.00183 e. The third-order valence-electron chi connectivity index (χ3n) is 2.79. The quantitative estimate of drug-likeness (QED) is 0.456. The van der Waals surface area contributed by atoms with Gasteiger partial charge in [-0.2, -0.15) is 0 Å². The fraction of sp³-hybridized carbons (Fsp3) is 1.00. The van der Waals surface area contributed by atoms with Gasteiger partial charge in [0, 0.05) is 0 Å². The van der Waals surface area contributed by atoms with Gasteiger partial charge in [-0.15, -0.1) is 49.6 Å². The predicted molar refractivity (Wildman–Crippen MR) is 100 cm³/mol. The summed E-state index contributed by atoms with van der Waals surface area (Å²) >= 11 is 0. The van der Waals surface area contributed by atoms with Crippen LogP contribution in [0.2, 0.25) is 0 Å². The highest BCUT2D eigenvalue weighted by atomic mass is 35.5. The van der Waals surface area contributed by atoms with Gasteiger partial charge in [0.15, 0.2) is 0 Å². The molecule has 20 heavy (non-hydrogen) atoms. The lowest BCUT2D eigenvalue weighted by atomic mass is 10.2. The molecule has 0 saturated carbocycles. The minimum atomic E-state index is 0. The van der Waals surface area contributed by atoms with Crippen molar-refractivity contribution in [1.29, 1.82) is 0 Å². The van der Waals surface area contributed by atoms with Crippen LogP contribution in [0.3, 0.4) is 0 Å². The molecule has 0 aromatic carbocycles. The first-order chi connectivity index (χ1) is 7.85. The standard InChI is InChI=1S/C12H30N4.4ClH/c13-7-1-4-10-16(11-5-2-8-14)12-6-3-9-15;;;;/h1-15H2;4*1H. The van der Waals surface area contributed by atoms with Gasteiger partial charge in [0.1, 0.15) is 0 Å². The highest BCUT2D eigenvalue weighted by Crippen LogP contribution is 2.01. The van der Waals surface area contributed by atoms with E-state index in [1.54, 1.807) is 0 Å². The second-order valence-electron chi connectivity index (χ2n) is 4.33. The summed E-state index contributed by atoms with van der Waals surface area (Å²) in [6, 6.07) is 0. The monoisotopic (exact) mass is 374 g/mol. The summed E-state index contributed by atoms with van der Waals surface area (Å²) in [5, 5.41) is 0. The van der Waals surface area contributed by atoms with Gasteiger partial charge in [-0.3, -0.25) is 0 Å². The molecule has 130 valence electrons. The number of unbranched alkanes of at least 4 members (excludes halogenated alkanes) is 3. The topological polar surface area (TPSA) is 81.3 Å². The molecular weight excluding hydrogens is 342 g/mol. The molecule has 8 heteroatoms. The number of hydrogen-bond donors (Lipinski definition) is 3. The van der Waals surface area contributed by atoms with Crippen molar-refractivity contribution in [1.82, 2.24) is 4.90 Å². The molecule has 0 unspecified atom stereocenters. The van der Waals surface area contributed by atoms with Crippen LogP contribution in [0.5, 0.6) is 0 Å². The van der Waals surface area contributed by atoms with E-state index in [0.29, 0.717) is 0 Å². The first-order valence-corrected chi connectivity index (χ1v) is 6.67. The molecule has 0 saturated heterocycles. The molecule has 6 N–H and O–H groups in total. The Bertz CT molecular complexity index is 121. The molecule has 0 radical (unpaired) electrons. The van der Waals surface area contributed by atoms with Gasteiger partial charge in [-0.1, -0.05) is 0 Å². The second kappa shape index (κ2) is 28.2. The summed E-state index contributed by atoms with van der Waals surface area (Å²) in [4.78, 5) is 2.53. The third kappa shape index (κ3) is 24.0. The largest absolute Gasteiger partial charge is 0.330 e. The molecular formula is C12H34Cl4N4. The fourth-order valence-electron chi connectivity index (χ4n) is 1.77. The Balaban J connectivity index is -0.000000187.